The summed E-state index contributed by atoms with van der Waals surface area (Å²) in [5.41, 5.74) is 6.88. The van der Waals surface area contributed by atoms with Gasteiger partial charge in [-0.1, -0.05) is 17.7 Å². The smallest absolute Gasteiger partial charge is 0.230 e. The maximum absolute atomic E-state index is 13.5. The minimum absolute atomic E-state index is 0.00944. The number of rotatable bonds is 7. The summed E-state index contributed by atoms with van der Waals surface area (Å²) in [6.07, 6.45) is 6.49. The van der Waals surface area contributed by atoms with Crippen LogP contribution in [0.1, 0.15) is 45.1 Å². The van der Waals surface area contributed by atoms with Crippen molar-refractivity contribution in [3.8, 4) is 0 Å². The third-order valence-corrected chi connectivity index (χ3v) is 6.69. The first kappa shape index (κ1) is 24.1. The number of aromatic nitrogens is 1. The lowest BCUT2D eigenvalue weighted by molar-refractivity contribution is -0.125. The van der Waals surface area contributed by atoms with Crippen LogP contribution in [0.4, 0.5) is 10.1 Å². The van der Waals surface area contributed by atoms with Crippen LogP contribution in [0.5, 0.6) is 0 Å². The lowest BCUT2D eigenvalue weighted by Crippen LogP contribution is -2.48. The number of halogens is 2. The number of nitrogens with one attached hydrogen (secondary N) is 2. The normalized spacial score (nSPS) is 19.8. The number of anilines is 1. The Morgan fingerprint density at radius 3 is 2.47 bits per heavy atom. The van der Waals surface area contributed by atoms with Gasteiger partial charge in [0.2, 0.25) is 11.8 Å². The van der Waals surface area contributed by atoms with Gasteiger partial charge in [0.15, 0.2) is 0 Å². The molecule has 0 bridgehead atoms. The molecule has 0 saturated heterocycles. The van der Waals surface area contributed by atoms with E-state index in [0.717, 1.165) is 31.4 Å². The summed E-state index contributed by atoms with van der Waals surface area (Å²) >= 11 is 5.87. The van der Waals surface area contributed by atoms with E-state index in [1.54, 1.807) is 44.4 Å². The molecule has 0 spiro atoms. The van der Waals surface area contributed by atoms with Crippen LogP contribution in [-0.4, -0.2) is 29.4 Å². The highest BCUT2D eigenvalue weighted by Gasteiger charge is 2.33. The SMILES string of the molecule is CC(C)(C(=O)NCC(N)C1CCC(C(=O)Nc2ccncc2)CC1)c1ccc(F)c(Cl)c1. The van der Waals surface area contributed by atoms with Crippen LogP contribution >= 0.6 is 11.6 Å². The van der Waals surface area contributed by atoms with Crippen LogP contribution in [0.15, 0.2) is 42.7 Å². The van der Waals surface area contributed by atoms with Crippen molar-refractivity contribution in [3.05, 3.63) is 59.1 Å². The second kappa shape index (κ2) is 10.4. The number of nitrogens with zero attached hydrogens (tertiary/aromatic N) is 1. The van der Waals surface area contributed by atoms with Crippen molar-refractivity contribution >= 4 is 29.1 Å². The number of carbonyl (C=O) groups excluding carboxylic acids is 2. The molecule has 0 aliphatic heterocycles. The first-order chi connectivity index (χ1) is 15.2. The summed E-state index contributed by atoms with van der Waals surface area (Å²) in [6.45, 7) is 3.88. The molecule has 1 unspecified atom stereocenters. The van der Waals surface area contributed by atoms with Crippen molar-refractivity contribution in [2.24, 2.45) is 17.6 Å². The van der Waals surface area contributed by atoms with Gasteiger partial charge in [0.1, 0.15) is 5.82 Å². The highest BCUT2D eigenvalue weighted by atomic mass is 35.5. The molecule has 2 aromatic rings. The van der Waals surface area contributed by atoms with Crippen molar-refractivity contribution in [2.45, 2.75) is 51.0 Å². The number of hydrogen-bond donors (Lipinski definition) is 3. The molecule has 32 heavy (non-hydrogen) atoms. The van der Waals surface area contributed by atoms with E-state index in [1.165, 1.54) is 12.1 Å². The van der Waals surface area contributed by atoms with Crippen LogP contribution < -0.4 is 16.4 Å². The number of benzene rings is 1. The third kappa shape index (κ3) is 5.84. The largest absolute Gasteiger partial charge is 0.354 e. The Balaban J connectivity index is 1.47. The minimum atomic E-state index is -0.875. The Morgan fingerprint density at radius 2 is 1.84 bits per heavy atom. The van der Waals surface area contributed by atoms with Crippen LogP contribution in [0, 0.1) is 17.7 Å². The average Bonchev–Trinajstić information content (AvgIpc) is 2.79. The van der Waals surface area contributed by atoms with Gasteiger partial charge in [-0.15, -0.1) is 0 Å². The van der Waals surface area contributed by atoms with Crippen molar-refractivity contribution in [3.63, 3.8) is 0 Å². The van der Waals surface area contributed by atoms with Gasteiger partial charge in [-0.2, -0.15) is 0 Å². The van der Waals surface area contributed by atoms with E-state index < -0.39 is 11.2 Å². The molecule has 1 saturated carbocycles. The van der Waals surface area contributed by atoms with Gasteiger partial charge in [0.25, 0.3) is 0 Å². The Hall–Kier alpha value is -2.51. The quantitative estimate of drug-likeness (QED) is 0.580. The molecular weight excluding hydrogens is 431 g/mol. The highest BCUT2D eigenvalue weighted by Crippen LogP contribution is 2.31. The molecule has 1 aliphatic rings. The molecule has 2 amide bonds. The highest BCUT2D eigenvalue weighted by molar-refractivity contribution is 6.30. The molecule has 1 fully saturated rings. The fourth-order valence-corrected chi connectivity index (χ4v) is 4.28. The minimum Gasteiger partial charge on any atom is -0.354 e. The van der Waals surface area contributed by atoms with E-state index >= 15 is 0 Å². The summed E-state index contributed by atoms with van der Waals surface area (Å²) in [5, 5.41) is 5.86. The van der Waals surface area contributed by atoms with Gasteiger partial charge in [-0.05, 0) is 75.3 Å². The van der Waals surface area contributed by atoms with E-state index in [1.807, 2.05) is 0 Å². The zero-order valence-electron chi connectivity index (χ0n) is 18.4. The van der Waals surface area contributed by atoms with Crippen molar-refractivity contribution in [2.75, 3.05) is 11.9 Å². The third-order valence-electron chi connectivity index (χ3n) is 6.40. The molecule has 1 heterocycles. The Kier molecular flexibility index (Phi) is 7.85. The molecule has 8 heteroatoms. The molecule has 1 aromatic carbocycles. The molecule has 0 radical (unpaired) electrons. The summed E-state index contributed by atoms with van der Waals surface area (Å²) < 4.78 is 13.5. The molecular formula is C24H30ClFN4O2. The fraction of sp³-hybridized carbons (Fsp3) is 0.458. The predicted molar refractivity (Wildman–Crippen MR) is 124 cm³/mol. The van der Waals surface area contributed by atoms with Gasteiger partial charge in [0, 0.05) is 36.6 Å². The monoisotopic (exact) mass is 460 g/mol. The zero-order chi connectivity index (χ0) is 23.3. The van der Waals surface area contributed by atoms with E-state index in [0.29, 0.717) is 12.1 Å². The Labute approximate surface area is 193 Å². The lowest BCUT2D eigenvalue weighted by atomic mass is 9.78. The number of amides is 2. The number of nitrogens with two attached hydrogens (primary N) is 1. The van der Waals surface area contributed by atoms with Gasteiger partial charge in [0.05, 0.1) is 10.4 Å². The van der Waals surface area contributed by atoms with Gasteiger partial charge < -0.3 is 16.4 Å². The molecule has 1 atom stereocenters. The maximum Gasteiger partial charge on any atom is 0.230 e. The molecule has 4 N–H and O–H groups in total. The second-order valence-electron chi connectivity index (χ2n) is 8.96. The van der Waals surface area contributed by atoms with Gasteiger partial charge in [-0.25, -0.2) is 4.39 Å². The lowest BCUT2D eigenvalue weighted by Gasteiger charge is -2.32. The summed E-state index contributed by atoms with van der Waals surface area (Å²) in [5.74, 6) is -0.483. The summed E-state index contributed by atoms with van der Waals surface area (Å²) in [4.78, 5) is 29.2. The van der Waals surface area contributed by atoms with Crippen LogP contribution in [-0.2, 0) is 15.0 Å². The maximum atomic E-state index is 13.5. The van der Waals surface area contributed by atoms with E-state index in [-0.39, 0.29) is 34.7 Å². The molecule has 1 aromatic heterocycles. The summed E-state index contributed by atoms with van der Waals surface area (Å²) in [6, 6.07) is 7.65. The summed E-state index contributed by atoms with van der Waals surface area (Å²) in [7, 11) is 0. The van der Waals surface area contributed by atoms with E-state index in [2.05, 4.69) is 15.6 Å². The van der Waals surface area contributed by atoms with Crippen molar-refractivity contribution in [1.82, 2.24) is 10.3 Å². The fourth-order valence-electron chi connectivity index (χ4n) is 4.10. The van der Waals surface area contributed by atoms with Crippen LogP contribution in [0.3, 0.4) is 0 Å². The average molecular weight is 461 g/mol. The Morgan fingerprint density at radius 1 is 1.19 bits per heavy atom. The predicted octanol–water partition coefficient (Wildman–Crippen LogP) is 4.04. The van der Waals surface area contributed by atoms with Crippen molar-refractivity contribution < 1.29 is 14.0 Å². The van der Waals surface area contributed by atoms with Gasteiger partial charge >= 0.3 is 0 Å². The number of pyridine rings is 1. The molecule has 6 nitrogen and oxygen atoms in total. The number of carbonyl (C=O) groups is 2. The van der Waals surface area contributed by atoms with Gasteiger partial charge in [-0.3, -0.25) is 14.6 Å². The first-order valence-corrected chi connectivity index (χ1v) is 11.3. The molecule has 3 rings (SSSR count). The standard InChI is InChI=1S/C24H30ClFN4O2/c1-24(2,17-7-8-20(26)19(25)13-17)23(32)29-14-21(27)15-3-5-16(6-4-15)22(31)30-18-9-11-28-12-10-18/h7-13,15-16,21H,3-6,14,27H2,1-2H3,(H,29,32)(H,28,30,31). The van der Waals surface area contributed by atoms with Crippen LogP contribution in [0.25, 0.3) is 0 Å². The topological polar surface area (TPSA) is 97.1 Å². The Bertz CT molecular complexity index is 946. The van der Waals surface area contributed by atoms with E-state index in [4.69, 9.17) is 17.3 Å². The van der Waals surface area contributed by atoms with E-state index in [9.17, 15) is 14.0 Å². The first-order valence-electron chi connectivity index (χ1n) is 10.9. The second-order valence-corrected chi connectivity index (χ2v) is 9.37. The molecule has 172 valence electrons. The molecule has 1 aliphatic carbocycles. The number of hydrogen-bond acceptors (Lipinski definition) is 4. The zero-order valence-corrected chi connectivity index (χ0v) is 19.2. The van der Waals surface area contributed by atoms with Crippen molar-refractivity contribution in [1.29, 1.82) is 0 Å². The van der Waals surface area contributed by atoms with Crippen LogP contribution in [0.2, 0.25) is 5.02 Å².